The van der Waals surface area contributed by atoms with Gasteiger partial charge in [-0.3, -0.25) is 4.79 Å². The Hall–Kier alpha value is -1.13. The molecule has 2 N–H and O–H groups in total. The Morgan fingerprint density at radius 2 is 2.10 bits per heavy atom. The Kier molecular flexibility index (Phi) is 6.17. The van der Waals surface area contributed by atoms with Crippen molar-refractivity contribution < 1.29 is 19.7 Å². The number of rotatable bonds is 2. The number of carbonyl (C=O) groups excluding carboxylic acids is 1. The third-order valence-electron chi connectivity index (χ3n) is 4.12. The first-order valence-electron chi connectivity index (χ1n) is 7.52. The summed E-state index contributed by atoms with van der Waals surface area (Å²) in [6.45, 7) is 10.9. The van der Waals surface area contributed by atoms with E-state index < -0.39 is 11.7 Å². The van der Waals surface area contributed by atoms with E-state index >= 15 is 0 Å². The molecular formula is C17H28O4. The highest BCUT2D eigenvalue weighted by Gasteiger charge is 2.30. The van der Waals surface area contributed by atoms with E-state index in [2.05, 4.69) is 6.58 Å². The normalized spacial score (nSPS) is 31.2. The molecule has 0 aromatic heterocycles. The lowest BCUT2D eigenvalue weighted by Crippen LogP contribution is -2.35. The predicted octanol–water partition coefficient (Wildman–Crippen LogP) is 2.74. The van der Waals surface area contributed by atoms with Crippen LogP contribution in [0.25, 0.3) is 0 Å². The zero-order chi connectivity index (χ0) is 16.2. The molecular weight excluding hydrogens is 268 g/mol. The summed E-state index contributed by atoms with van der Waals surface area (Å²) in [6, 6.07) is 0. The minimum atomic E-state index is -0.837. The summed E-state index contributed by atoms with van der Waals surface area (Å²) in [5, 5.41) is 20.5. The Morgan fingerprint density at radius 3 is 2.62 bits per heavy atom. The van der Waals surface area contributed by atoms with Gasteiger partial charge in [-0.25, -0.2) is 0 Å². The smallest absolute Gasteiger partial charge is 0.303 e. The molecule has 4 nitrogen and oxygen atoms in total. The molecule has 0 aromatic carbocycles. The maximum atomic E-state index is 11.2. The molecule has 0 aromatic rings. The van der Waals surface area contributed by atoms with Gasteiger partial charge in [0, 0.05) is 13.3 Å². The van der Waals surface area contributed by atoms with E-state index in [1.165, 1.54) is 6.92 Å². The van der Waals surface area contributed by atoms with Crippen LogP contribution in [0.1, 0.15) is 53.4 Å². The second-order valence-electron chi connectivity index (χ2n) is 6.66. The van der Waals surface area contributed by atoms with E-state index in [1.807, 2.05) is 13.0 Å². The van der Waals surface area contributed by atoms with Crippen LogP contribution in [0, 0.1) is 5.92 Å². The number of allylic oxidation sites excluding steroid dienone is 1. The van der Waals surface area contributed by atoms with Crippen molar-refractivity contribution in [1.29, 1.82) is 0 Å². The molecule has 21 heavy (non-hydrogen) atoms. The summed E-state index contributed by atoms with van der Waals surface area (Å²) in [6.07, 6.45) is 3.34. The fourth-order valence-corrected chi connectivity index (χ4v) is 2.74. The fourth-order valence-electron chi connectivity index (χ4n) is 2.74. The molecule has 0 fully saturated rings. The lowest BCUT2D eigenvalue weighted by atomic mass is 9.79. The van der Waals surface area contributed by atoms with Crippen molar-refractivity contribution in [3.8, 4) is 0 Å². The molecule has 4 heteroatoms. The zero-order valence-electron chi connectivity index (χ0n) is 13.6. The van der Waals surface area contributed by atoms with Crippen LogP contribution in [0.5, 0.6) is 0 Å². The largest absolute Gasteiger partial charge is 0.458 e. The quantitative estimate of drug-likeness (QED) is 0.607. The monoisotopic (exact) mass is 296 g/mol. The number of aliphatic hydroxyl groups excluding tert-OH is 1. The Labute approximate surface area is 127 Å². The number of hydrogen-bond acceptors (Lipinski definition) is 4. The fraction of sp³-hybridized carbons (Fsp3) is 0.706. The average molecular weight is 296 g/mol. The van der Waals surface area contributed by atoms with Gasteiger partial charge in [0.05, 0.1) is 11.7 Å². The molecule has 0 aliphatic heterocycles. The number of ether oxygens (including phenoxy) is 1. The topological polar surface area (TPSA) is 66.8 Å². The molecule has 1 aliphatic rings. The van der Waals surface area contributed by atoms with Crippen LogP contribution >= 0.6 is 0 Å². The lowest BCUT2D eigenvalue weighted by molar-refractivity contribution is -0.144. The average Bonchev–Trinajstić information content (AvgIpc) is 2.30. The van der Waals surface area contributed by atoms with Gasteiger partial charge in [0.15, 0.2) is 0 Å². The number of aliphatic hydroxyl groups is 2. The minimum Gasteiger partial charge on any atom is -0.458 e. The number of esters is 1. The molecule has 0 bridgehead atoms. The molecule has 0 amide bonds. The van der Waals surface area contributed by atoms with Crippen LogP contribution in [0.3, 0.4) is 0 Å². The molecule has 3 atom stereocenters. The standard InChI is InChI=1S/C17H28O4/c1-11-6-7-14(17(4,5)20)10-16(19)12(2)9-15(8-11)21-13(3)18/h8,14-16,19-20H,2,6-7,9-10H2,1,3-5H3/b11-8-/t14-,15+,16-/m1/s1. The van der Waals surface area contributed by atoms with E-state index in [1.54, 1.807) is 13.8 Å². The molecule has 0 saturated carbocycles. The Balaban J connectivity index is 2.95. The molecule has 120 valence electrons. The van der Waals surface area contributed by atoms with Gasteiger partial charge in [-0.15, -0.1) is 0 Å². The van der Waals surface area contributed by atoms with Crippen molar-refractivity contribution in [2.24, 2.45) is 5.92 Å². The lowest BCUT2D eigenvalue weighted by Gasteiger charge is -2.33. The second-order valence-corrected chi connectivity index (χ2v) is 6.66. The van der Waals surface area contributed by atoms with E-state index in [9.17, 15) is 15.0 Å². The second kappa shape index (κ2) is 7.23. The van der Waals surface area contributed by atoms with E-state index in [0.29, 0.717) is 18.4 Å². The molecule has 1 aliphatic carbocycles. The van der Waals surface area contributed by atoms with Gasteiger partial charge in [0.1, 0.15) is 6.10 Å². The van der Waals surface area contributed by atoms with Crippen LogP contribution in [0.2, 0.25) is 0 Å². The van der Waals surface area contributed by atoms with Gasteiger partial charge in [-0.1, -0.05) is 12.2 Å². The number of carbonyl (C=O) groups is 1. The maximum absolute atomic E-state index is 11.2. The van der Waals surface area contributed by atoms with Crippen molar-refractivity contribution >= 4 is 5.97 Å². The van der Waals surface area contributed by atoms with Gasteiger partial charge in [-0.05, 0) is 57.6 Å². The van der Waals surface area contributed by atoms with Gasteiger partial charge < -0.3 is 14.9 Å². The minimum absolute atomic E-state index is 0.00197. The molecule has 1 rings (SSSR count). The maximum Gasteiger partial charge on any atom is 0.303 e. The Bertz CT molecular complexity index is 417. The Morgan fingerprint density at radius 1 is 1.48 bits per heavy atom. The third-order valence-corrected chi connectivity index (χ3v) is 4.12. The summed E-state index contributed by atoms with van der Waals surface area (Å²) >= 11 is 0. The van der Waals surface area contributed by atoms with Crippen molar-refractivity contribution in [2.75, 3.05) is 0 Å². The molecule has 0 saturated heterocycles. The summed E-state index contributed by atoms with van der Waals surface area (Å²) in [7, 11) is 0. The summed E-state index contributed by atoms with van der Waals surface area (Å²) in [5.41, 5.74) is 0.928. The van der Waals surface area contributed by atoms with E-state index in [-0.39, 0.29) is 18.0 Å². The summed E-state index contributed by atoms with van der Waals surface area (Å²) < 4.78 is 5.27. The van der Waals surface area contributed by atoms with Crippen molar-refractivity contribution in [3.05, 3.63) is 23.8 Å². The van der Waals surface area contributed by atoms with Crippen LogP contribution < -0.4 is 0 Å². The first-order chi connectivity index (χ1) is 9.59. The zero-order valence-corrected chi connectivity index (χ0v) is 13.6. The molecule has 0 spiro atoms. The number of hydrogen-bond donors (Lipinski definition) is 2. The van der Waals surface area contributed by atoms with Crippen LogP contribution in [-0.2, 0) is 9.53 Å². The van der Waals surface area contributed by atoms with Crippen LogP contribution in [-0.4, -0.2) is 34.0 Å². The van der Waals surface area contributed by atoms with E-state index in [4.69, 9.17) is 4.74 Å². The first kappa shape index (κ1) is 17.9. The SMILES string of the molecule is C=C1C[C@@H](OC(C)=O)/C=C(/C)CC[C@@H](C(C)(C)O)C[C@H]1O. The molecule has 0 heterocycles. The van der Waals surface area contributed by atoms with E-state index in [0.717, 1.165) is 18.4 Å². The van der Waals surface area contributed by atoms with Gasteiger partial charge in [-0.2, -0.15) is 0 Å². The highest BCUT2D eigenvalue weighted by molar-refractivity contribution is 5.66. The van der Waals surface area contributed by atoms with Crippen molar-refractivity contribution in [1.82, 2.24) is 0 Å². The predicted molar refractivity (Wildman–Crippen MR) is 82.7 cm³/mol. The first-order valence-corrected chi connectivity index (χ1v) is 7.52. The molecule has 0 unspecified atom stereocenters. The van der Waals surface area contributed by atoms with Crippen molar-refractivity contribution in [2.45, 2.75) is 71.2 Å². The van der Waals surface area contributed by atoms with Gasteiger partial charge in [0.25, 0.3) is 0 Å². The summed E-state index contributed by atoms with van der Waals surface area (Å²) in [5.74, 6) is -0.337. The van der Waals surface area contributed by atoms with Crippen LogP contribution in [0.15, 0.2) is 23.8 Å². The van der Waals surface area contributed by atoms with Crippen molar-refractivity contribution in [3.63, 3.8) is 0 Å². The third kappa shape index (κ3) is 6.02. The van der Waals surface area contributed by atoms with Gasteiger partial charge in [0.2, 0.25) is 0 Å². The summed E-state index contributed by atoms with van der Waals surface area (Å²) in [4.78, 5) is 11.2. The van der Waals surface area contributed by atoms with Crippen LogP contribution in [0.4, 0.5) is 0 Å². The highest BCUT2D eigenvalue weighted by Crippen LogP contribution is 2.31. The van der Waals surface area contributed by atoms with Gasteiger partial charge >= 0.3 is 5.97 Å². The highest BCUT2D eigenvalue weighted by atomic mass is 16.5. The molecule has 0 radical (unpaired) electrons.